The summed E-state index contributed by atoms with van der Waals surface area (Å²) in [4.78, 5) is 8.04. The molecule has 0 saturated heterocycles. The van der Waals surface area contributed by atoms with Gasteiger partial charge in [0.1, 0.15) is 12.4 Å². The maximum Gasteiger partial charge on any atom is 0.115 e. The van der Waals surface area contributed by atoms with Crippen LogP contribution in [0.4, 0.5) is 0 Å². The van der Waals surface area contributed by atoms with Gasteiger partial charge in [-0.1, -0.05) is 47.5 Å². The maximum atomic E-state index is 10.7. The van der Waals surface area contributed by atoms with E-state index in [0.717, 1.165) is 11.1 Å². The quantitative estimate of drug-likeness (QED) is 0.767. The van der Waals surface area contributed by atoms with Gasteiger partial charge in [0.25, 0.3) is 0 Å². The second-order valence-electron chi connectivity index (χ2n) is 4.78. The fourth-order valence-electron chi connectivity index (χ4n) is 2.32. The van der Waals surface area contributed by atoms with E-state index in [4.69, 9.17) is 23.2 Å². The first kappa shape index (κ1) is 15.0. The molecule has 1 atom stereocenters. The number of hydrogen-bond acceptors (Lipinski definition) is 3. The van der Waals surface area contributed by atoms with E-state index in [9.17, 15) is 5.11 Å². The minimum atomic E-state index is -0.860. The van der Waals surface area contributed by atoms with Crippen molar-refractivity contribution in [2.24, 2.45) is 0 Å². The van der Waals surface area contributed by atoms with Crippen LogP contribution < -0.4 is 0 Å². The van der Waals surface area contributed by atoms with Crippen LogP contribution in [0.1, 0.15) is 17.2 Å². The third kappa shape index (κ3) is 2.97. The summed E-state index contributed by atoms with van der Waals surface area (Å²) < 4.78 is 0. The van der Waals surface area contributed by atoms with Crippen LogP contribution in [0.25, 0.3) is 11.1 Å². The summed E-state index contributed by atoms with van der Waals surface area (Å²) in [5.74, 6) is 0. The lowest BCUT2D eigenvalue weighted by atomic mass is 9.94. The van der Waals surface area contributed by atoms with E-state index in [1.807, 2.05) is 12.1 Å². The lowest BCUT2D eigenvalue weighted by Crippen LogP contribution is -2.03. The molecule has 0 aliphatic rings. The summed E-state index contributed by atoms with van der Waals surface area (Å²) in [6, 6.07) is 12.5. The molecule has 1 heterocycles. The van der Waals surface area contributed by atoms with Crippen molar-refractivity contribution >= 4 is 23.2 Å². The van der Waals surface area contributed by atoms with E-state index in [2.05, 4.69) is 9.97 Å². The zero-order chi connectivity index (χ0) is 15.5. The first-order chi connectivity index (χ1) is 10.7. The van der Waals surface area contributed by atoms with E-state index < -0.39 is 6.10 Å². The van der Waals surface area contributed by atoms with Crippen LogP contribution >= 0.6 is 23.2 Å². The largest absolute Gasteiger partial charge is 0.384 e. The molecule has 3 aromatic rings. The van der Waals surface area contributed by atoms with Crippen molar-refractivity contribution < 1.29 is 5.11 Å². The molecular weight excluding hydrogens is 319 g/mol. The molecule has 0 bridgehead atoms. The Hall–Kier alpha value is -1.94. The zero-order valence-corrected chi connectivity index (χ0v) is 13.0. The third-order valence-electron chi connectivity index (χ3n) is 3.38. The molecule has 22 heavy (non-hydrogen) atoms. The SMILES string of the molecule is OC(c1ccccc1Cl)c1ccc(Cl)cc1-c1cncnc1. The molecule has 3 rings (SSSR count). The van der Waals surface area contributed by atoms with Crippen LogP contribution in [0.5, 0.6) is 0 Å². The highest BCUT2D eigenvalue weighted by Crippen LogP contribution is 2.35. The van der Waals surface area contributed by atoms with Gasteiger partial charge in [0, 0.05) is 33.6 Å². The van der Waals surface area contributed by atoms with Crippen LogP contribution in [0.15, 0.2) is 61.2 Å². The standard InChI is InChI=1S/C17H12Cl2N2O/c18-12-5-6-13(15(7-12)11-8-20-10-21-9-11)17(22)14-3-1-2-4-16(14)19/h1-10,17,22H. The Labute approximate surface area is 138 Å². The molecule has 1 aromatic heterocycles. The highest BCUT2D eigenvalue weighted by Gasteiger charge is 2.18. The summed E-state index contributed by atoms with van der Waals surface area (Å²) in [5.41, 5.74) is 2.91. The number of rotatable bonds is 3. The fraction of sp³-hybridized carbons (Fsp3) is 0.0588. The van der Waals surface area contributed by atoms with Crippen molar-refractivity contribution in [2.45, 2.75) is 6.10 Å². The number of aromatic nitrogens is 2. The molecule has 0 saturated carbocycles. The molecule has 2 aromatic carbocycles. The van der Waals surface area contributed by atoms with Crippen molar-refractivity contribution in [1.82, 2.24) is 9.97 Å². The number of aliphatic hydroxyl groups excluding tert-OH is 1. The Morgan fingerprint density at radius 2 is 1.64 bits per heavy atom. The monoisotopic (exact) mass is 330 g/mol. The predicted octanol–water partition coefficient (Wildman–Crippen LogP) is 4.53. The third-order valence-corrected chi connectivity index (χ3v) is 3.96. The Morgan fingerprint density at radius 1 is 0.909 bits per heavy atom. The molecule has 3 nitrogen and oxygen atoms in total. The van der Waals surface area contributed by atoms with E-state index in [1.165, 1.54) is 6.33 Å². The molecular formula is C17H12Cl2N2O. The molecule has 0 amide bonds. The fourth-order valence-corrected chi connectivity index (χ4v) is 2.73. The smallest absolute Gasteiger partial charge is 0.115 e. The highest BCUT2D eigenvalue weighted by molar-refractivity contribution is 6.31. The Bertz CT molecular complexity index is 794. The molecule has 0 aliphatic carbocycles. The summed E-state index contributed by atoms with van der Waals surface area (Å²) in [7, 11) is 0. The number of nitrogens with zero attached hydrogens (tertiary/aromatic N) is 2. The Morgan fingerprint density at radius 3 is 2.36 bits per heavy atom. The highest BCUT2D eigenvalue weighted by atomic mass is 35.5. The van der Waals surface area contributed by atoms with E-state index in [-0.39, 0.29) is 0 Å². The number of hydrogen-bond donors (Lipinski definition) is 1. The number of halogens is 2. The molecule has 0 fully saturated rings. The normalized spacial score (nSPS) is 12.1. The summed E-state index contributed by atoms with van der Waals surface area (Å²) >= 11 is 12.3. The first-order valence-corrected chi connectivity index (χ1v) is 7.39. The number of benzene rings is 2. The van der Waals surface area contributed by atoms with Crippen molar-refractivity contribution in [3.8, 4) is 11.1 Å². The van der Waals surface area contributed by atoms with Gasteiger partial charge in [0.2, 0.25) is 0 Å². The average molecular weight is 331 g/mol. The first-order valence-electron chi connectivity index (χ1n) is 6.64. The van der Waals surface area contributed by atoms with Gasteiger partial charge >= 0.3 is 0 Å². The Kier molecular flexibility index (Phi) is 4.39. The van der Waals surface area contributed by atoms with Crippen LogP contribution in [-0.2, 0) is 0 Å². The van der Waals surface area contributed by atoms with E-state index in [0.29, 0.717) is 21.2 Å². The molecule has 110 valence electrons. The van der Waals surface area contributed by atoms with Gasteiger partial charge in [-0.25, -0.2) is 9.97 Å². The van der Waals surface area contributed by atoms with Crippen molar-refractivity contribution in [1.29, 1.82) is 0 Å². The van der Waals surface area contributed by atoms with Crippen LogP contribution in [0, 0.1) is 0 Å². The zero-order valence-electron chi connectivity index (χ0n) is 11.4. The van der Waals surface area contributed by atoms with Gasteiger partial charge in [-0.05, 0) is 29.3 Å². The molecule has 0 radical (unpaired) electrons. The van der Waals surface area contributed by atoms with Gasteiger partial charge in [-0.3, -0.25) is 0 Å². The second kappa shape index (κ2) is 6.44. The molecule has 5 heteroatoms. The van der Waals surface area contributed by atoms with E-state index >= 15 is 0 Å². The molecule has 1 unspecified atom stereocenters. The molecule has 1 N–H and O–H groups in total. The topological polar surface area (TPSA) is 46.0 Å². The van der Waals surface area contributed by atoms with Gasteiger partial charge in [0.15, 0.2) is 0 Å². The van der Waals surface area contributed by atoms with Crippen LogP contribution in [0.3, 0.4) is 0 Å². The van der Waals surface area contributed by atoms with Gasteiger partial charge in [-0.15, -0.1) is 0 Å². The van der Waals surface area contributed by atoms with Gasteiger partial charge in [-0.2, -0.15) is 0 Å². The van der Waals surface area contributed by atoms with Crippen LogP contribution in [0.2, 0.25) is 10.0 Å². The van der Waals surface area contributed by atoms with E-state index in [1.54, 1.807) is 42.7 Å². The molecule has 0 aliphatic heterocycles. The number of aliphatic hydroxyl groups is 1. The summed E-state index contributed by atoms with van der Waals surface area (Å²) in [6.07, 6.45) is 3.96. The summed E-state index contributed by atoms with van der Waals surface area (Å²) in [6.45, 7) is 0. The minimum absolute atomic E-state index is 0.514. The van der Waals surface area contributed by atoms with Gasteiger partial charge in [0.05, 0.1) is 0 Å². The maximum absolute atomic E-state index is 10.7. The predicted molar refractivity (Wildman–Crippen MR) is 88.0 cm³/mol. The summed E-state index contributed by atoms with van der Waals surface area (Å²) in [5, 5.41) is 11.8. The lowest BCUT2D eigenvalue weighted by molar-refractivity contribution is 0.221. The van der Waals surface area contributed by atoms with Crippen LogP contribution in [-0.4, -0.2) is 15.1 Å². The molecule has 0 spiro atoms. The van der Waals surface area contributed by atoms with Crippen molar-refractivity contribution in [3.05, 3.63) is 82.4 Å². The second-order valence-corrected chi connectivity index (χ2v) is 5.63. The van der Waals surface area contributed by atoms with Gasteiger partial charge < -0.3 is 5.11 Å². The minimum Gasteiger partial charge on any atom is -0.384 e. The van der Waals surface area contributed by atoms with Crippen molar-refractivity contribution in [3.63, 3.8) is 0 Å². The lowest BCUT2D eigenvalue weighted by Gasteiger charge is -2.17. The van der Waals surface area contributed by atoms with Crippen molar-refractivity contribution in [2.75, 3.05) is 0 Å². The Balaban J connectivity index is 2.14. The average Bonchev–Trinajstić information content (AvgIpc) is 2.55.